The van der Waals surface area contributed by atoms with Crippen LogP contribution in [0.3, 0.4) is 0 Å². The van der Waals surface area contributed by atoms with Crippen LogP contribution in [0.5, 0.6) is 0 Å². The second-order valence-corrected chi connectivity index (χ2v) is 6.66. The Morgan fingerprint density at radius 3 is 2.72 bits per heavy atom. The molecule has 2 heterocycles. The normalized spacial score (nSPS) is 18.1. The van der Waals surface area contributed by atoms with E-state index in [0.29, 0.717) is 12.3 Å². The third kappa shape index (κ3) is 4.26. The quantitative estimate of drug-likeness (QED) is 0.901. The summed E-state index contributed by atoms with van der Waals surface area (Å²) in [7, 11) is 0. The van der Waals surface area contributed by atoms with E-state index in [4.69, 9.17) is 16.7 Å². The van der Waals surface area contributed by atoms with Gasteiger partial charge < -0.3 is 5.11 Å². The SMILES string of the molecule is O=C(O)CCC1CCN(Cc2ccc(Cl)s2)CC1. The lowest BCUT2D eigenvalue weighted by Crippen LogP contribution is -2.33. The Kier molecular flexibility index (Phi) is 5.03. The first-order valence-corrected chi connectivity index (χ1v) is 7.51. The Morgan fingerprint density at radius 2 is 2.17 bits per heavy atom. The number of piperidine rings is 1. The van der Waals surface area contributed by atoms with E-state index in [0.717, 1.165) is 43.2 Å². The van der Waals surface area contributed by atoms with Crippen molar-refractivity contribution in [3.05, 3.63) is 21.3 Å². The predicted molar refractivity (Wildman–Crippen MR) is 74.2 cm³/mol. The zero-order chi connectivity index (χ0) is 13.0. The molecule has 1 saturated heterocycles. The van der Waals surface area contributed by atoms with E-state index in [2.05, 4.69) is 11.0 Å². The third-order valence-electron chi connectivity index (χ3n) is 3.48. The molecule has 0 atom stereocenters. The van der Waals surface area contributed by atoms with E-state index in [-0.39, 0.29) is 0 Å². The van der Waals surface area contributed by atoms with Crippen molar-refractivity contribution < 1.29 is 9.90 Å². The molecule has 3 nitrogen and oxygen atoms in total. The van der Waals surface area contributed by atoms with Crippen molar-refractivity contribution in [3.8, 4) is 0 Å². The predicted octanol–water partition coefficient (Wildman–Crippen LogP) is 3.48. The van der Waals surface area contributed by atoms with Crippen LogP contribution in [-0.4, -0.2) is 29.1 Å². The average Bonchev–Trinajstić information content (AvgIpc) is 2.74. The summed E-state index contributed by atoms with van der Waals surface area (Å²) in [5, 5.41) is 8.67. The van der Waals surface area contributed by atoms with Gasteiger partial charge >= 0.3 is 5.97 Å². The Hall–Kier alpha value is -0.580. The zero-order valence-corrected chi connectivity index (χ0v) is 11.8. The molecule has 0 aromatic carbocycles. The van der Waals surface area contributed by atoms with Crippen molar-refractivity contribution in [2.24, 2.45) is 5.92 Å². The summed E-state index contributed by atoms with van der Waals surface area (Å²) in [5.41, 5.74) is 0. The van der Waals surface area contributed by atoms with Gasteiger partial charge in [0.1, 0.15) is 0 Å². The van der Waals surface area contributed by atoms with Crippen molar-refractivity contribution in [2.75, 3.05) is 13.1 Å². The van der Waals surface area contributed by atoms with Gasteiger partial charge in [-0.25, -0.2) is 0 Å². The number of thiophene rings is 1. The molecule has 1 aromatic rings. The van der Waals surface area contributed by atoms with Crippen LogP contribution in [0, 0.1) is 5.92 Å². The van der Waals surface area contributed by atoms with Gasteiger partial charge in [0.2, 0.25) is 0 Å². The summed E-state index contributed by atoms with van der Waals surface area (Å²) < 4.78 is 0.848. The van der Waals surface area contributed by atoms with Crippen LogP contribution in [0.4, 0.5) is 0 Å². The van der Waals surface area contributed by atoms with Crippen LogP contribution in [0.15, 0.2) is 12.1 Å². The van der Waals surface area contributed by atoms with Gasteiger partial charge in [-0.15, -0.1) is 11.3 Å². The lowest BCUT2D eigenvalue weighted by molar-refractivity contribution is -0.137. The van der Waals surface area contributed by atoms with E-state index in [1.165, 1.54) is 4.88 Å². The fourth-order valence-corrected chi connectivity index (χ4v) is 3.55. The number of hydrogen-bond donors (Lipinski definition) is 1. The monoisotopic (exact) mass is 287 g/mol. The molecule has 0 bridgehead atoms. The number of carboxylic acids is 1. The van der Waals surface area contributed by atoms with Crippen LogP contribution in [0.25, 0.3) is 0 Å². The van der Waals surface area contributed by atoms with Crippen molar-refractivity contribution in [3.63, 3.8) is 0 Å². The van der Waals surface area contributed by atoms with Gasteiger partial charge in [-0.3, -0.25) is 9.69 Å². The van der Waals surface area contributed by atoms with Gasteiger partial charge in [0, 0.05) is 17.8 Å². The average molecular weight is 288 g/mol. The zero-order valence-electron chi connectivity index (χ0n) is 10.3. The van der Waals surface area contributed by atoms with Gasteiger partial charge in [0.05, 0.1) is 4.34 Å². The Bertz CT molecular complexity index is 399. The summed E-state index contributed by atoms with van der Waals surface area (Å²) in [6.45, 7) is 3.11. The number of carbonyl (C=O) groups is 1. The molecule has 0 unspecified atom stereocenters. The summed E-state index contributed by atoms with van der Waals surface area (Å²) in [4.78, 5) is 14.3. The van der Waals surface area contributed by atoms with Crippen LogP contribution >= 0.6 is 22.9 Å². The van der Waals surface area contributed by atoms with Gasteiger partial charge in [0.25, 0.3) is 0 Å². The molecule has 18 heavy (non-hydrogen) atoms. The first-order valence-electron chi connectivity index (χ1n) is 6.32. The Morgan fingerprint density at radius 1 is 1.44 bits per heavy atom. The van der Waals surface area contributed by atoms with E-state index in [1.54, 1.807) is 11.3 Å². The summed E-state index contributed by atoms with van der Waals surface area (Å²) >= 11 is 7.56. The van der Waals surface area contributed by atoms with Crippen molar-refractivity contribution >= 4 is 28.9 Å². The fraction of sp³-hybridized carbons (Fsp3) is 0.615. The van der Waals surface area contributed by atoms with Gasteiger partial charge in [-0.1, -0.05) is 11.6 Å². The minimum Gasteiger partial charge on any atom is -0.481 e. The number of nitrogens with zero attached hydrogens (tertiary/aromatic N) is 1. The summed E-state index contributed by atoms with van der Waals surface area (Å²) in [6, 6.07) is 4.03. The van der Waals surface area contributed by atoms with E-state index in [9.17, 15) is 4.79 Å². The number of likely N-dealkylation sites (tertiary alicyclic amines) is 1. The molecule has 2 rings (SSSR count). The molecule has 0 amide bonds. The van der Waals surface area contributed by atoms with Gasteiger partial charge in [-0.2, -0.15) is 0 Å². The molecule has 100 valence electrons. The first-order chi connectivity index (χ1) is 8.63. The van der Waals surface area contributed by atoms with Crippen molar-refractivity contribution in [2.45, 2.75) is 32.2 Å². The lowest BCUT2D eigenvalue weighted by Gasteiger charge is -2.31. The maximum atomic E-state index is 10.5. The van der Waals surface area contributed by atoms with Crippen molar-refractivity contribution in [1.82, 2.24) is 4.90 Å². The third-order valence-corrected chi connectivity index (χ3v) is 4.70. The summed E-state index contributed by atoms with van der Waals surface area (Å²) in [5.74, 6) is -0.0880. The molecular formula is C13H18ClNO2S. The maximum absolute atomic E-state index is 10.5. The topological polar surface area (TPSA) is 40.5 Å². The van der Waals surface area contributed by atoms with Crippen LogP contribution in [-0.2, 0) is 11.3 Å². The van der Waals surface area contributed by atoms with Crippen molar-refractivity contribution in [1.29, 1.82) is 0 Å². The molecule has 0 spiro atoms. The standard InChI is InChI=1S/C13H18ClNO2S/c14-12-3-2-11(18-12)9-15-7-5-10(6-8-15)1-4-13(16)17/h2-3,10H,1,4-9H2,(H,16,17). The fourth-order valence-electron chi connectivity index (χ4n) is 2.42. The molecule has 1 fully saturated rings. The Labute approximate surface area is 116 Å². The first kappa shape index (κ1) is 13.8. The highest BCUT2D eigenvalue weighted by molar-refractivity contribution is 7.16. The van der Waals surface area contributed by atoms with Gasteiger partial charge in [-0.05, 0) is 50.4 Å². The Balaban J connectivity index is 1.71. The molecule has 0 radical (unpaired) electrons. The largest absolute Gasteiger partial charge is 0.481 e. The second kappa shape index (κ2) is 6.55. The molecule has 1 N–H and O–H groups in total. The number of carboxylic acid groups (broad SMARTS) is 1. The molecule has 1 aromatic heterocycles. The van der Waals surface area contributed by atoms with E-state index < -0.39 is 5.97 Å². The van der Waals surface area contributed by atoms with Crippen LogP contribution < -0.4 is 0 Å². The van der Waals surface area contributed by atoms with E-state index in [1.807, 2.05) is 6.07 Å². The molecule has 1 aliphatic rings. The van der Waals surface area contributed by atoms with E-state index >= 15 is 0 Å². The molecule has 5 heteroatoms. The minimum atomic E-state index is -0.675. The number of aliphatic carboxylic acids is 1. The molecule has 0 saturated carbocycles. The maximum Gasteiger partial charge on any atom is 0.303 e. The minimum absolute atomic E-state index is 0.311. The molecule has 1 aliphatic heterocycles. The highest BCUT2D eigenvalue weighted by Crippen LogP contribution is 2.26. The highest BCUT2D eigenvalue weighted by atomic mass is 35.5. The van der Waals surface area contributed by atoms with Gasteiger partial charge in [0.15, 0.2) is 0 Å². The van der Waals surface area contributed by atoms with Crippen LogP contribution in [0.1, 0.15) is 30.6 Å². The van der Waals surface area contributed by atoms with Crippen LogP contribution in [0.2, 0.25) is 4.34 Å². The second-order valence-electron chi connectivity index (χ2n) is 4.86. The highest BCUT2D eigenvalue weighted by Gasteiger charge is 2.20. The molecule has 0 aliphatic carbocycles. The lowest BCUT2D eigenvalue weighted by atomic mass is 9.92. The molecular weight excluding hydrogens is 270 g/mol. The summed E-state index contributed by atoms with van der Waals surface area (Å²) in [6.07, 6.45) is 3.37. The number of halogens is 1. The smallest absolute Gasteiger partial charge is 0.303 e. The number of rotatable bonds is 5. The number of hydrogen-bond acceptors (Lipinski definition) is 3.